The van der Waals surface area contributed by atoms with Crippen LogP contribution < -0.4 is 10.4 Å². The predicted octanol–water partition coefficient (Wildman–Crippen LogP) is 0.650. The summed E-state index contributed by atoms with van der Waals surface area (Å²) in [7, 11) is 0.844. The normalized spacial score (nSPS) is 12.7. The van der Waals surface area contributed by atoms with Crippen molar-refractivity contribution in [2.24, 2.45) is 0 Å². The molecule has 0 fully saturated rings. The summed E-state index contributed by atoms with van der Waals surface area (Å²) < 4.78 is 0. The van der Waals surface area contributed by atoms with E-state index < -0.39 is 0 Å². The quantitative estimate of drug-likeness (QED) is 0.476. The van der Waals surface area contributed by atoms with Crippen LogP contribution in [0.3, 0.4) is 0 Å². The molecule has 2 radical (unpaired) electrons. The molecule has 0 saturated heterocycles. The highest BCUT2D eigenvalue weighted by atomic mass is 28.2. The molecule has 1 N–H and O–H groups in total. The van der Waals surface area contributed by atoms with Gasteiger partial charge in [-0.15, -0.1) is 0 Å². The Morgan fingerprint density at radius 1 is 1.00 bits per heavy atom. The summed E-state index contributed by atoms with van der Waals surface area (Å²) in [6, 6.07) is 10.8. The fourth-order valence-electron chi connectivity index (χ4n) is 1.65. The summed E-state index contributed by atoms with van der Waals surface area (Å²) in [6.07, 6.45) is 2.02. The number of fused-ring (bicyclic) bond motifs is 3. The highest BCUT2D eigenvalue weighted by Gasteiger charge is 2.18. The maximum atomic E-state index is 3.28. The van der Waals surface area contributed by atoms with Gasteiger partial charge in [0.15, 0.2) is 0 Å². The summed E-state index contributed by atoms with van der Waals surface area (Å²) in [6.45, 7) is 0. The minimum atomic E-state index is 0.844. The smallest absolute Gasteiger partial charge is 0.125 e. The van der Waals surface area contributed by atoms with Crippen LogP contribution in [0.1, 0.15) is 0 Å². The predicted molar refractivity (Wildman–Crippen MR) is 51.3 cm³/mol. The minimum absolute atomic E-state index is 0.844. The van der Waals surface area contributed by atoms with E-state index in [4.69, 9.17) is 0 Å². The lowest BCUT2D eigenvalue weighted by Crippen LogP contribution is -2.19. The first kappa shape index (κ1) is 6.26. The Balaban J connectivity index is 2.34. The summed E-state index contributed by atoms with van der Waals surface area (Å²) in [5, 5.41) is 2.93. The zero-order valence-corrected chi connectivity index (χ0v) is 7.46. The van der Waals surface area contributed by atoms with E-state index in [-0.39, 0.29) is 0 Å². The number of hydrogen-bond donors (Lipinski definition) is 1. The minimum Gasteiger partial charge on any atom is -0.361 e. The SMILES string of the molecule is c1ccc2c(c1)[Si]c1cc[nH]c1-2. The molecule has 0 bridgehead atoms. The molecule has 0 saturated carbocycles. The van der Waals surface area contributed by atoms with E-state index in [1.54, 1.807) is 0 Å². The average molecular weight is 169 g/mol. The van der Waals surface area contributed by atoms with Crippen molar-refractivity contribution in [1.29, 1.82) is 0 Å². The molecule has 1 aliphatic rings. The van der Waals surface area contributed by atoms with E-state index in [1.165, 1.54) is 21.6 Å². The van der Waals surface area contributed by atoms with Crippen molar-refractivity contribution in [3.8, 4) is 11.3 Å². The van der Waals surface area contributed by atoms with Crippen molar-refractivity contribution in [3.05, 3.63) is 36.5 Å². The van der Waals surface area contributed by atoms with Crippen molar-refractivity contribution in [2.45, 2.75) is 0 Å². The van der Waals surface area contributed by atoms with Gasteiger partial charge in [0.25, 0.3) is 0 Å². The Labute approximate surface area is 73.3 Å². The molecule has 0 unspecified atom stereocenters. The first-order chi connectivity index (χ1) is 5.95. The maximum Gasteiger partial charge on any atom is 0.125 e. The molecule has 1 aromatic heterocycles. The van der Waals surface area contributed by atoms with Gasteiger partial charge in [-0.3, -0.25) is 0 Å². The van der Waals surface area contributed by atoms with Gasteiger partial charge in [-0.1, -0.05) is 24.3 Å². The molecule has 0 amide bonds. The van der Waals surface area contributed by atoms with Gasteiger partial charge in [-0.2, -0.15) is 0 Å². The first-order valence-corrected chi connectivity index (χ1v) is 4.99. The van der Waals surface area contributed by atoms with Gasteiger partial charge < -0.3 is 4.98 Å². The number of nitrogens with one attached hydrogen (secondary N) is 1. The summed E-state index contributed by atoms with van der Waals surface area (Å²) >= 11 is 0. The van der Waals surface area contributed by atoms with E-state index in [1.807, 2.05) is 6.20 Å². The van der Waals surface area contributed by atoms with E-state index in [2.05, 4.69) is 35.3 Å². The fourth-order valence-corrected chi connectivity index (χ4v) is 2.96. The monoisotopic (exact) mass is 169 g/mol. The number of aromatic amines is 1. The Bertz CT molecular complexity index is 431. The van der Waals surface area contributed by atoms with Crippen molar-refractivity contribution >= 4 is 19.9 Å². The van der Waals surface area contributed by atoms with E-state index in [0.717, 1.165) is 9.52 Å². The third kappa shape index (κ3) is 0.676. The molecular formula is C10H7NSi. The van der Waals surface area contributed by atoms with Crippen molar-refractivity contribution < 1.29 is 0 Å². The van der Waals surface area contributed by atoms with Gasteiger partial charge in [0.2, 0.25) is 0 Å². The number of benzene rings is 1. The third-order valence-corrected chi connectivity index (χ3v) is 3.60. The maximum absolute atomic E-state index is 3.28. The second-order valence-corrected chi connectivity index (χ2v) is 4.26. The van der Waals surface area contributed by atoms with Crippen LogP contribution in [-0.4, -0.2) is 14.5 Å². The summed E-state index contributed by atoms with van der Waals surface area (Å²) in [4.78, 5) is 3.28. The van der Waals surface area contributed by atoms with Gasteiger partial charge >= 0.3 is 0 Å². The fraction of sp³-hybridized carbons (Fsp3) is 0. The molecule has 2 heteroatoms. The Hall–Kier alpha value is -1.28. The summed E-state index contributed by atoms with van der Waals surface area (Å²) in [5.74, 6) is 0. The lowest BCUT2D eigenvalue weighted by molar-refractivity contribution is 1.42. The highest BCUT2D eigenvalue weighted by Crippen LogP contribution is 2.16. The van der Waals surface area contributed by atoms with Crippen LogP contribution in [0.15, 0.2) is 36.5 Å². The molecule has 2 aromatic rings. The van der Waals surface area contributed by atoms with Gasteiger partial charge in [-0.25, -0.2) is 0 Å². The van der Waals surface area contributed by atoms with Gasteiger partial charge in [0, 0.05) is 11.9 Å². The Morgan fingerprint density at radius 3 is 2.92 bits per heavy atom. The van der Waals surface area contributed by atoms with E-state index in [0.29, 0.717) is 0 Å². The molecule has 3 rings (SSSR count). The number of aromatic nitrogens is 1. The topological polar surface area (TPSA) is 15.8 Å². The second kappa shape index (κ2) is 2.11. The third-order valence-electron chi connectivity index (χ3n) is 2.21. The van der Waals surface area contributed by atoms with Crippen LogP contribution in [0, 0.1) is 0 Å². The standard InChI is InChI=1S/C10H7NSi/c1-2-4-8-7(3-1)10-9(12-8)5-6-11-10/h1-6,11H. The Kier molecular flexibility index (Phi) is 1.10. The molecular weight excluding hydrogens is 162 g/mol. The number of rotatable bonds is 0. The molecule has 12 heavy (non-hydrogen) atoms. The molecule has 1 aromatic carbocycles. The Morgan fingerprint density at radius 2 is 1.92 bits per heavy atom. The molecule has 0 aliphatic carbocycles. The largest absolute Gasteiger partial charge is 0.361 e. The van der Waals surface area contributed by atoms with Crippen molar-refractivity contribution in [3.63, 3.8) is 0 Å². The summed E-state index contributed by atoms with van der Waals surface area (Å²) in [5.41, 5.74) is 2.71. The van der Waals surface area contributed by atoms with Crippen LogP contribution >= 0.6 is 0 Å². The van der Waals surface area contributed by atoms with Gasteiger partial charge in [0.1, 0.15) is 9.52 Å². The van der Waals surface area contributed by atoms with Crippen LogP contribution in [0.4, 0.5) is 0 Å². The highest BCUT2D eigenvalue weighted by molar-refractivity contribution is 6.73. The molecule has 1 nitrogen and oxygen atoms in total. The molecule has 0 spiro atoms. The first-order valence-electron chi connectivity index (χ1n) is 3.99. The number of hydrogen-bond acceptors (Lipinski definition) is 0. The van der Waals surface area contributed by atoms with Gasteiger partial charge in [-0.05, 0) is 22.0 Å². The second-order valence-electron chi connectivity index (χ2n) is 2.94. The average Bonchev–Trinajstić information content (AvgIpc) is 2.62. The zero-order chi connectivity index (χ0) is 7.97. The van der Waals surface area contributed by atoms with E-state index in [9.17, 15) is 0 Å². The van der Waals surface area contributed by atoms with Gasteiger partial charge in [0.05, 0.1) is 0 Å². The van der Waals surface area contributed by atoms with Crippen LogP contribution in [-0.2, 0) is 0 Å². The molecule has 2 heterocycles. The van der Waals surface area contributed by atoms with Crippen LogP contribution in [0.5, 0.6) is 0 Å². The lowest BCUT2D eigenvalue weighted by atomic mass is 10.2. The zero-order valence-electron chi connectivity index (χ0n) is 6.46. The number of H-pyrrole nitrogens is 1. The van der Waals surface area contributed by atoms with Crippen LogP contribution in [0.25, 0.3) is 11.3 Å². The molecule has 0 atom stereocenters. The van der Waals surface area contributed by atoms with Crippen molar-refractivity contribution in [2.75, 3.05) is 0 Å². The van der Waals surface area contributed by atoms with Crippen LogP contribution in [0.2, 0.25) is 0 Å². The molecule has 1 aliphatic heterocycles. The lowest BCUT2D eigenvalue weighted by Gasteiger charge is -1.96. The molecule has 56 valence electrons. The van der Waals surface area contributed by atoms with Crippen molar-refractivity contribution in [1.82, 2.24) is 4.98 Å². The van der Waals surface area contributed by atoms with E-state index >= 15 is 0 Å².